The summed E-state index contributed by atoms with van der Waals surface area (Å²) in [5.74, 6) is -0.305. The van der Waals surface area contributed by atoms with Gasteiger partial charge in [0.2, 0.25) is 15.9 Å². The van der Waals surface area contributed by atoms with Gasteiger partial charge >= 0.3 is 0 Å². The summed E-state index contributed by atoms with van der Waals surface area (Å²) in [5.41, 5.74) is 0.872. The molecule has 1 aromatic rings. The topological polar surface area (TPSA) is 116 Å². The van der Waals surface area contributed by atoms with Crippen LogP contribution in [0.5, 0.6) is 0 Å². The molecule has 0 radical (unpaired) electrons. The molecule has 0 aliphatic rings. The molecule has 0 spiro atoms. The number of anilines is 1. The second-order valence-corrected chi connectivity index (χ2v) is 6.09. The average Bonchev–Trinajstić information content (AvgIpc) is 2.37. The lowest BCUT2D eigenvalue weighted by Crippen LogP contribution is -2.34. The number of hydrogen-bond acceptors (Lipinski definition) is 5. The van der Waals surface area contributed by atoms with Crippen LogP contribution in [0, 0.1) is 6.92 Å². The highest BCUT2D eigenvalue weighted by molar-refractivity contribution is 7.89. The molecule has 0 fully saturated rings. The fourth-order valence-corrected chi connectivity index (χ4v) is 2.86. The summed E-state index contributed by atoms with van der Waals surface area (Å²) in [6.07, 6.45) is -1.16. The van der Waals surface area contributed by atoms with Crippen molar-refractivity contribution in [3.63, 3.8) is 0 Å². The van der Waals surface area contributed by atoms with E-state index < -0.39 is 22.7 Å². The number of sulfonamides is 1. The van der Waals surface area contributed by atoms with Crippen molar-refractivity contribution in [2.45, 2.75) is 24.8 Å². The fraction of sp³-hybridized carbons (Fsp3) is 0.417. The summed E-state index contributed by atoms with van der Waals surface area (Å²) in [7, 11) is -3.83. The summed E-state index contributed by atoms with van der Waals surface area (Å²) >= 11 is 0. The molecule has 20 heavy (non-hydrogen) atoms. The molecule has 0 heterocycles. The van der Waals surface area contributed by atoms with E-state index in [1.54, 1.807) is 19.1 Å². The standard InChI is InChI=1S/C12H18N2O5S/c1-8-3-4-10(14-9(2)16)5-12(8)20(18,19)13-6-11(17)7-15/h3-5,11,13,15,17H,6-7H2,1-2H3,(H,14,16). The molecule has 0 saturated carbocycles. The van der Waals surface area contributed by atoms with Gasteiger partial charge in [0.15, 0.2) is 0 Å². The number of amides is 1. The second kappa shape index (κ2) is 6.80. The third kappa shape index (κ3) is 4.57. The lowest BCUT2D eigenvalue weighted by atomic mass is 10.2. The van der Waals surface area contributed by atoms with Crippen LogP contribution in [0.3, 0.4) is 0 Å². The Morgan fingerprint density at radius 3 is 2.60 bits per heavy atom. The van der Waals surface area contributed by atoms with Crippen molar-refractivity contribution in [3.8, 4) is 0 Å². The molecule has 1 rings (SSSR count). The number of aliphatic hydroxyl groups is 2. The number of aryl methyl sites for hydroxylation is 1. The number of benzene rings is 1. The monoisotopic (exact) mass is 302 g/mol. The second-order valence-electron chi connectivity index (χ2n) is 4.35. The molecular formula is C12H18N2O5S. The SMILES string of the molecule is CC(=O)Nc1ccc(C)c(S(=O)(=O)NCC(O)CO)c1. The molecular weight excluding hydrogens is 284 g/mol. The van der Waals surface area contributed by atoms with E-state index in [0.29, 0.717) is 11.3 Å². The average molecular weight is 302 g/mol. The maximum Gasteiger partial charge on any atom is 0.240 e. The molecule has 112 valence electrons. The lowest BCUT2D eigenvalue weighted by molar-refractivity contribution is -0.114. The zero-order chi connectivity index (χ0) is 15.3. The Hall–Kier alpha value is -1.48. The van der Waals surface area contributed by atoms with Crippen LogP contribution >= 0.6 is 0 Å². The van der Waals surface area contributed by atoms with E-state index in [0.717, 1.165) is 0 Å². The largest absolute Gasteiger partial charge is 0.394 e. The Balaban J connectivity index is 3.01. The molecule has 0 aliphatic heterocycles. The highest BCUT2D eigenvalue weighted by Crippen LogP contribution is 2.20. The minimum Gasteiger partial charge on any atom is -0.394 e. The number of carbonyl (C=O) groups excluding carboxylic acids is 1. The zero-order valence-electron chi connectivity index (χ0n) is 11.3. The molecule has 7 nitrogen and oxygen atoms in total. The molecule has 0 aromatic heterocycles. The predicted octanol–water partition coefficient (Wildman–Crippen LogP) is -0.415. The van der Waals surface area contributed by atoms with Gasteiger partial charge in [-0.05, 0) is 24.6 Å². The molecule has 1 aromatic carbocycles. The smallest absolute Gasteiger partial charge is 0.240 e. The lowest BCUT2D eigenvalue weighted by Gasteiger charge is -2.13. The molecule has 0 aliphatic carbocycles. The van der Waals surface area contributed by atoms with Gasteiger partial charge in [0, 0.05) is 19.2 Å². The summed E-state index contributed by atoms with van der Waals surface area (Å²) in [4.78, 5) is 11.0. The first-order valence-corrected chi connectivity index (χ1v) is 7.41. The van der Waals surface area contributed by atoms with Crippen molar-refractivity contribution in [2.75, 3.05) is 18.5 Å². The molecule has 4 N–H and O–H groups in total. The highest BCUT2D eigenvalue weighted by atomic mass is 32.2. The van der Waals surface area contributed by atoms with Crippen LogP contribution in [-0.2, 0) is 14.8 Å². The van der Waals surface area contributed by atoms with Crippen LogP contribution in [0.4, 0.5) is 5.69 Å². The molecule has 1 atom stereocenters. The van der Waals surface area contributed by atoms with E-state index in [2.05, 4.69) is 10.0 Å². The van der Waals surface area contributed by atoms with E-state index in [4.69, 9.17) is 5.11 Å². The van der Waals surface area contributed by atoms with Crippen molar-refractivity contribution in [1.82, 2.24) is 4.72 Å². The Labute approximate surface area is 117 Å². The highest BCUT2D eigenvalue weighted by Gasteiger charge is 2.18. The number of carbonyl (C=O) groups is 1. The number of rotatable bonds is 6. The fourth-order valence-electron chi connectivity index (χ4n) is 1.52. The third-order valence-corrected chi connectivity index (χ3v) is 4.08. The Morgan fingerprint density at radius 2 is 2.05 bits per heavy atom. The van der Waals surface area contributed by atoms with E-state index >= 15 is 0 Å². The Bertz CT molecular complexity index is 586. The molecule has 0 bridgehead atoms. The Morgan fingerprint density at radius 1 is 1.40 bits per heavy atom. The molecule has 0 saturated heterocycles. The molecule has 8 heteroatoms. The van der Waals surface area contributed by atoms with Gasteiger partial charge < -0.3 is 15.5 Å². The summed E-state index contributed by atoms with van der Waals surface area (Å²) < 4.78 is 26.4. The number of hydrogen-bond donors (Lipinski definition) is 4. The van der Waals surface area contributed by atoms with Crippen LogP contribution in [0.15, 0.2) is 23.1 Å². The van der Waals surface area contributed by atoms with Gasteiger partial charge in [-0.25, -0.2) is 13.1 Å². The summed E-state index contributed by atoms with van der Waals surface area (Å²) in [6.45, 7) is 2.12. The normalized spacial score (nSPS) is 13.0. The van der Waals surface area contributed by atoms with Gasteiger partial charge in [0.25, 0.3) is 0 Å². The quantitative estimate of drug-likeness (QED) is 0.570. The first-order valence-electron chi connectivity index (χ1n) is 5.93. The van der Waals surface area contributed by atoms with Crippen LogP contribution in [0.1, 0.15) is 12.5 Å². The van der Waals surface area contributed by atoms with Crippen LogP contribution < -0.4 is 10.0 Å². The van der Waals surface area contributed by atoms with Gasteiger partial charge in [-0.15, -0.1) is 0 Å². The zero-order valence-corrected chi connectivity index (χ0v) is 12.1. The minimum absolute atomic E-state index is 0.00823. The molecule has 1 amide bonds. The minimum atomic E-state index is -3.83. The van der Waals surface area contributed by atoms with E-state index in [1.807, 2.05) is 0 Å². The van der Waals surface area contributed by atoms with Crippen LogP contribution in [-0.4, -0.2) is 43.8 Å². The Kier molecular flexibility index (Phi) is 5.63. The predicted molar refractivity (Wildman–Crippen MR) is 73.8 cm³/mol. The van der Waals surface area contributed by atoms with Gasteiger partial charge in [0.05, 0.1) is 17.6 Å². The maximum atomic E-state index is 12.1. The van der Waals surface area contributed by atoms with Crippen molar-refractivity contribution in [2.24, 2.45) is 0 Å². The first-order chi connectivity index (χ1) is 9.26. The van der Waals surface area contributed by atoms with Gasteiger partial charge in [0.1, 0.15) is 0 Å². The van der Waals surface area contributed by atoms with E-state index in [1.165, 1.54) is 13.0 Å². The summed E-state index contributed by atoms with van der Waals surface area (Å²) in [5, 5.41) is 20.3. The summed E-state index contributed by atoms with van der Waals surface area (Å²) in [6, 6.07) is 4.50. The van der Waals surface area contributed by atoms with Gasteiger partial charge in [-0.2, -0.15) is 0 Å². The maximum absolute atomic E-state index is 12.1. The number of aliphatic hydroxyl groups excluding tert-OH is 2. The van der Waals surface area contributed by atoms with Crippen molar-refractivity contribution >= 4 is 21.6 Å². The van der Waals surface area contributed by atoms with Crippen LogP contribution in [0.25, 0.3) is 0 Å². The van der Waals surface area contributed by atoms with Crippen molar-refractivity contribution in [3.05, 3.63) is 23.8 Å². The van der Waals surface area contributed by atoms with E-state index in [-0.39, 0.29) is 17.3 Å². The van der Waals surface area contributed by atoms with E-state index in [9.17, 15) is 18.3 Å². The van der Waals surface area contributed by atoms with Crippen molar-refractivity contribution in [1.29, 1.82) is 0 Å². The molecule has 1 unspecified atom stereocenters. The third-order valence-electron chi connectivity index (χ3n) is 2.52. The van der Waals surface area contributed by atoms with Gasteiger partial charge in [-0.1, -0.05) is 6.07 Å². The van der Waals surface area contributed by atoms with Crippen molar-refractivity contribution < 1.29 is 23.4 Å². The first kappa shape index (κ1) is 16.6. The number of nitrogens with one attached hydrogen (secondary N) is 2. The van der Waals surface area contributed by atoms with Crippen LogP contribution in [0.2, 0.25) is 0 Å². The van der Waals surface area contributed by atoms with Gasteiger partial charge in [-0.3, -0.25) is 4.79 Å².